The van der Waals surface area contributed by atoms with Crippen molar-refractivity contribution in [2.24, 2.45) is 10.9 Å². The standard InChI is InChI=1S/C15H20N4O/c1-11(2)19(10-8-15(16)18-20)14-7-9-17-13-6-4-3-5-12(13)14/h3-7,9,11,20H,8,10H2,1-2H3,(H2,16,18). The molecule has 0 saturated carbocycles. The molecule has 0 radical (unpaired) electrons. The number of oxime groups is 1. The van der Waals surface area contributed by atoms with Gasteiger partial charge in [-0.3, -0.25) is 4.98 Å². The van der Waals surface area contributed by atoms with Crippen molar-refractivity contribution in [1.29, 1.82) is 0 Å². The van der Waals surface area contributed by atoms with Crippen LogP contribution in [0.25, 0.3) is 10.9 Å². The lowest BCUT2D eigenvalue weighted by Crippen LogP contribution is -2.34. The number of para-hydroxylation sites is 1. The molecule has 0 fully saturated rings. The van der Waals surface area contributed by atoms with Gasteiger partial charge in [0, 0.05) is 36.3 Å². The summed E-state index contributed by atoms with van der Waals surface area (Å²) in [6, 6.07) is 10.4. The van der Waals surface area contributed by atoms with Gasteiger partial charge in [-0.25, -0.2) is 0 Å². The Labute approximate surface area is 118 Å². The van der Waals surface area contributed by atoms with Crippen molar-refractivity contribution >= 4 is 22.4 Å². The third-order valence-corrected chi connectivity index (χ3v) is 3.30. The monoisotopic (exact) mass is 272 g/mol. The zero-order chi connectivity index (χ0) is 14.5. The minimum Gasteiger partial charge on any atom is -0.409 e. The number of fused-ring (bicyclic) bond motifs is 1. The molecule has 2 rings (SSSR count). The van der Waals surface area contributed by atoms with E-state index in [0.29, 0.717) is 19.0 Å². The fraction of sp³-hybridized carbons (Fsp3) is 0.333. The molecule has 106 valence electrons. The fourth-order valence-electron chi connectivity index (χ4n) is 2.27. The van der Waals surface area contributed by atoms with Gasteiger partial charge in [0.25, 0.3) is 0 Å². The van der Waals surface area contributed by atoms with Crippen LogP contribution in [-0.2, 0) is 0 Å². The van der Waals surface area contributed by atoms with Gasteiger partial charge in [-0.2, -0.15) is 0 Å². The molecule has 0 aliphatic heterocycles. The van der Waals surface area contributed by atoms with Crippen molar-refractivity contribution in [2.45, 2.75) is 26.3 Å². The van der Waals surface area contributed by atoms with Gasteiger partial charge in [0.15, 0.2) is 0 Å². The molecule has 0 aliphatic carbocycles. The minimum atomic E-state index is 0.244. The Balaban J connectivity index is 2.36. The highest BCUT2D eigenvalue weighted by Gasteiger charge is 2.14. The lowest BCUT2D eigenvalue weighted by Gasteiger charge is -2.29. The summed E-state index contributed by atoms with van der Waals surface area (Å²) in [5.74, 6) is 0.244. The molecule has 0 amide bonds. The summed E-state index contributed by atoms with van der Waals surface area (Å²) >= 11 is 0. The number of hydrogen-bond donors (Lipinski definition) is 2. The third-order valence-electron chi connectivity index (χ3n) is 3.30. The van der Waals surface area contributed by atoms with Gasteiger partial charge in [0.05, 0.1) is 5.52 Å². The molecule has 0 unspecified atom stereocenters. The summed E-state index contributed by atoms with van der Waals surface area (Å²) in [5.41, 5.74) is 7.67. The Morgan fingerprint density at radius 1 is 1.35 bits per heavy atom. The molecule has 2 aromatic rings. The van der Waals surface area contributed by atoms with Crippen LogP contribution in [0.15, 0.2) is 41.7 Å². The first-order chi connectivity index (χ1) is 9.63. The molecule has 0 bridgehead atoms. The Morgan fingerprint density at radius 2 is 2.10 bits per heavy atom. The number of benzene rings is 1. The van der Waals surface area contributed by atoms with Gasteiger partial charge in [0.1, 0.15) is 5.84 Å². The number of nitrogens with two attached hydrogens (primary N) is 1. The maximum Gasteiger partial charge on any atom is 0.140 e. The maximum absolute atomic E-state index is 8.66. The molecule has 1 aromatic heterocycles. The first-order valence-electron chi connectivity index (χ1n) is 6.70. The second kappa shape index (κ2) is 6.23. The number of anilines is 1. The first kappa shape index (κ1) is 14.1. The van der Waals surface area contributed by atoms with Gasteiger partial charge < -0.3 is 15.8 Å². The molecule has 0 spiro atoms. The fourth-order valence-corrected chi connectivity index (χ4v) is 2.27. The van der Waals surface area contributed by atoms with Crippen LogP contribution in [0.5, 0.6) is 0 Å². The van der Waals surface area contributed by atoms with Crippen molar-refractivity contribution in [3.8, 4) is 0 Å². The molecule has 0 atom stereocenters. The van der Waals surface area contributed by atoms with Gasteiger partial charge in [0.2, 0.25) is 0 Å². The molecule has 5 nitrogen and oxygen atoms in total. The second-order valence-corrected chi connectivity index (χ2v) is 4.98. The molecular weight excluding hydrogens is 252 g/mol. The number of amidine groups is 1. The van der Waals surface area contributed by atoms with E-state index in [0.717, 1.165) is 16.6 Å². The molecule has 0 aliphatic rings. The summed E-state index contributed by atoms with van der Waals surface area (Å²) < 4.78 is 0. The minimum absolute atomic E-state index is 0.244. The smallest absolute Gasteiger partial charge is 0.140 e. The molecule has 20 heavy (non-hydrogen) atoms. The Hall–Kier alpha value is -2.30. The van der Waals surface area contributed by atoms with Crippen molar-refractivity contribution in [2.75, 3.05) is 11.4 Å². The summed E-state index contributed by atoms with van der Waals surface area (Å²) in [5, 5.41) is 12.8. The van der Waals surface area contributed by atoms with Crippen molar-refractivity contribution in [3.05, 3.63) is 36.5 Å². The topological polar surface area (TPSA) is 74.7 Å². The van der Waals surface area contributed by atoms with Crippen molar-refractivity contribution in [3.63, 3.8) is 0 Å². The van der Waals surface area contributed by atoms with Crippen LogP contribution in [-0.4, -0.2) is 28.6 Å². The molecule has 3 N–H and O–H groups in total. The first-order valence-corrected chi connectivity index (χ1v) is 6.70. The number of aromatic nitrogens is 1. The van der Waals surface area contributed by atoms with Gasteiger partial charge in [-0.1, -0.05) is 23.4 Å². The van der Waals surface area contributed by atoms with E-state index in [2.05, 4.69) is 35.0 Å². The Morgan fingerprint density at radius 3 is 2.80 bits per heavy atom. The molecule has 0 saturated heterocycles. The highest BCUT2D eigenvalue weighted by atomic mass is 16.4. The summed E-state index contributed by atoms with van der Waals surface area (Å²) in [4.78, 5) is 6.62. The lowest BCUT2D eigenvalue weighted by atomic mass is 10.1. The van der Waals surface area contributed by atoms with Crippen LogP contribution in [0.1, 0.15) is 20.3 Å². The Kier molecular flexibility index (Phi) is 4.40. The lowest BCUT2D eigenvalue weighted by molar-refractivity contribution is 0.317. The molecule has 5 heteroatoms. The SMILES string of the molecule is CC(C)N(CCC(N)=NO)c1ccnc2ccccc12. The van der Waals surface area contributed by atoms with Crippen LogP contribution < -0.4 is 10.6 Å². The number of hydrogen-bond acceptors (Lipinski definition) is 4. The Bertz CT molecular complexity index is 604. The zero-order valence-corrected chi connectivity index (χ0v) is 11.8. The van der Waals surface area contributed by atoms with Crippen LogP contribution >= 0.6 is 0 Å². The normalized spacial score (nSPS) is 12.1. The van der Waals surface area contributed by atoms with E-state index in [1.165, 1.54) is 0 Å². The quantitative estimate of drug-likeness (QED) is 0.380. The van der Waals surface area contributed by atoms with E-state index < -0.39 is 0 Å². The highest BCUT2D eigenvalue weighted by Crippen LogP contribution is 2.26. The van der Waals surface area contributed by atoms with E-state index in [4.69, 9.17) is 10.9 Å². The van der Waals surface area contributed by atoms with Crippen LogP contribution in [0.3, 0.4) is 0 Å². The predicted octanol–water partition coefficient (Wildman–Crippen LogP) is 2.59. The van der Waals surface area contributed by atoms with E-state index in [1.807, 2.05) is 30.5 Å². The predicted molar refractivity (Wildman–Crippen MR) is 82.3 cm³/mol. The third kappa shape index (κ3) is 2.99. The van der Waals surface area contributed by atoms with Gasteiger partial charge >= 0.3 is 0 Å². The van der Waals surface area contributed by atoms with Gasteiger partial charge in [-0.05, 0) is 26.0 Å². The van der Waals surface area contributed by atoms with Crippen LogP contribution in [0.4, 0.5) is 5.69 Å². The molecular formula is C15H20N4O. The van der Waals surface area contributed by atoms with E-state index in [-0.39, 0.29) is 5.84 Å². The largest absolute Gasteiger partial charge is 0.409 e. The maximum atomic E-state index is 8.66. The average Bonchev–Trinajstić information content (AvgIpc) is 2.47. The number of pyridine rings is 1. The summed E-state index contributed by atoms with van der Waals surface area (Å²) in [7, 11) is 0. The van der Waals surface area contributed by atoms with E-state index >= 15 is 0 Å². The second-order valence-electron chi connectivity index (χ2n) is 4.98. The summed E-state index contributed by atoms with van der Waals surface area (Å²) in [6.45, 7) is 4.95. The summed E-state index contributed by atoms with van der Waals surface area (Å²) in [6.07, 6.45) is 2.34. The molecule has 1 heterocycles. The highest BCUT2D eigenvalue weighted by molar-refractivity contribution is 5.91. The zero-order valence-electron chi connectivity index (χ0n) is 11.8. The number of rotatable bonds is 5. The van der Waals surface area contributed by atoms with E-state index in [9.17, 15) is 0 Å². The number of nitrogens with zero attached hydrogens (tertiary/aromatic N) is 3. The van der Waals surface area contributed by atoms with Crippen molar-refractivity contribution < 1.29 is 5.21 Å². The molecule has 1 aromatic carbocycles. The van der Waals surface area contributed by atoms with E-state index in [1.54, 1.807) is 0 Å². The average molecular weight is 272 g/mol. The van der Waals surface area contributed by atoms with Crippen LogP contribution in [0.2, 0.25) is 0 Å². The van der Waals surface area contributed by atoms with Crippen LogP contribution in [0, 0.1) is 0 Å². The van der Waals surface area contributed by atoms with Gasteiger partial charge in [-0.15, -0.1) is 0 Å². The van der Waals surface area contributed by atoms with Crippen molar-refractivity contribution in [1.82, 2.24) is 4.98 Å².